The van der Waals surface area contributed by atoms with Gasteiger partial charge in [-0.25, -0.2) is 0 Å². The van der Waals surface area contributed by atoms with Crippen molar-refractivity contribution in [2.24, 2.45) is 10.4 Å². The highest BCUT2D eigenvalue weighted by molar-refractivity contribution is 5.80. The first-order valence-electron chi connectivity index (χ1n) is 9.57. The van der Waals surface area contributed by atoms with Crippen molar-refractivity contribution in [3.05, 3.63) is 23.8 Å². The zero-order valence-electron chi connectivity index (χ0n) is 16.0. The average molecular weight is 361 g/mol. The lowest BCUT2D eigenvalue weighted by molar-refractivity contribution is -0.168. The van der Waals surface area contributed by atoms with Gasteiger partial charge in [0.2, 0.25) is 0 Å². The number of hydrogen-bond donors (Lipinski definition) is 3. The molecule has 0 aliphatic heterocycles. The third-order valence-corrected chi connectivity index (χ3v) is 5.95. The lowest BCUT2D eigenvalue weighted by Crippen LogP contribution is -2.68. The Labute approximate surface area is 156 Å². The summed E-state index contributed by atoms with van der Waals surface area (Å²) in [5.41, 5.74) is 1.20. The number of guanidine groups is 1. The van der Waals surface area contributed by atoms with Crippen LogP contribution in [0.25, 0.3) is 0 Å². The van der Waals surface area contributed by atoms with Crippen molar-refractivity contribution < 1.29 is 14.6 Å². The Bertz CT molecular complexity index is 643. The maximum absolute atomic E-state index is 10.1. The van der Waals surface area contributed by atoms with E-state index in [4.69, 9.17) is 9.47 Å². The number of aromatic hydroxyl groups is 1. The largest absolute Gasteiger partial charge is 0.508 e. The minimum absolute atomic E-state index is 0.265. The van der Waals surface area contributed by atoms with Gasteiger partial charge in [0.25, 0.3) is 0 Å². The van der Waals surface area contributed by atoms with Gasteiger partial charge in [-0.2, -0.15) is 0 Å². The minimum atomic E-state index is 0.265. The van der Waals surface area contributed by atoms with Gasteiger partial charge in [0.15, 0.2) is 5.96 Å². The molecule has 1 aromatic rings. The molecule has 0 radical (unpaired) electrons. The summed E-state index contributed by atoms with van der Waals surface area (Å²) in [6.07, 6.45) is 5.94. The number of ether oxygens (including phenoxy) is 2. The van der Waals surface area contributed by atoms with Gasteiger partial charge in [-0.3, -0.25) is 4.99 Å². The molecule has 26 heavy (non-hydrogen) atoms. The summed E-state index contributed by atoms with van der Waals surface area (Å²) in [4.78, 5) is 4.36. The summed E-state index contributed by atoms with van der Waals surface area (Å²) in [7, 11) is 3.39. The van der Waals surface area contributed by atoms with E-state index in [1.807, 2.05) is 12.1 Å². The normalized spacial score (nSPS) is 23.9. The molecule has 2 aliphatic carbocycles. The number of nitrogens with one attached hydrogen (secondary N) is 2. The van der Waals surface area contributed by atoms with E-state index in [0.29, 0.717) is 36.3 Å². The Kier molecular flexibility index (Phi) is 5.91. The molecule has 1 spiro atoms. The van der Waals surface area contributed by atoms with E-state index < -0.39 is 0 Å². The topological polar surface area (TPSA) is 75.1 Å². The fourth-order valence-corrected chi connectivity index (χ4v) is 4.20. The molecule has 6 heteroatoms. The number of rotatable bonds is 7. The third-order valence-electron chi connectivity index (χ3n) is 5.95. The van der Waals surface area contributed by atoms with Crippen LogP contribution in [0, 0.1) is 5.41 Å². The van der Waals surface area contributed by atoms with Gasteiger partial charge in [0.05, 0.1) is 13.2 Å². The van der Waals surface area contributed by atoms with Crippen molar-refractivity contribution in [2.45, 2.75) is 51.2 Å². The van der Waals surface area contributed by atoms with E-state index in [-0.39, 0.29) is 5.75 Å². The highest BCUT2D eigenvalue weighted by Crippen LogP contribution is 2.57. The van der Waals surface area contributed by atoms with E-state index in [2.05, 4.69) is 22.5 Å². The summed E-state index contributed by atoms with van der Waals surface area (Å²) in [5, 5.41) is 17.0. The molecule has 0 saturated heterocycles. The number of phenols is 1. The van der Waals surface area contributed by atoms with Gasteiger partial charge >= 0.3 is 0 Å². The first-order valence-corrected chi connectivity index (χ1v) is 9.57. The second kappa shape index (κ2) is 8.16. The van der Waals surface area contributed by atoms with Crippen LogP contribution in [0.3, 0.4) is 0 Å². The van der Waals surface area contributed by atoms with Crippen molar-refractivity contribution in [3.8, 4) is 11.5 Å². The first-order chi connectivity index (χ1) is 12.6. The Morgan fingerprint density at radius 3 is 2.77 bits per heavy atom. The number of methoxy groups -OCH3 is 1. The van der Waals surface area contributed by atoms with Crippen LogP contribution in [0.5, 0.6) is 11.5 Å². The molecule has 2 saturated carbocycles. The smallest absolute Gasteiger partial charge is 0.191 e. The highest BCUT2D eigenvalue weighted by Gasteiger charge is 2.59. The second-order valence-corrected chi connectivity index (χ2v) is 7.21. The molecule has 1 aromatic carbocycles. The number of benzene rings is 1. The maximum Gasteiger partial charge on any atom is 0.191 e. The summed E-state index contributed by atoms with van der Waals surface area (Å²) in [6, 6.07) is 5.84. The van der Waals surface area contributed by atoms with Gasteiger partial charge in [0, 0.05) is 37.7 Å². The summed E-state index contributed by atoms with van der Waals surface area (Å²) in [5.74, 6) is 1.75. The monoisotopic (exact) mass is 361 g/mol. The summed E-state index contributed by atoms with van der Waals surface area (Å²) >= 11 is 0. The Balaban J connectivity index is 1.48. The first kappa shape index (κ1) is 18.8. The zero-order valence-corrected chi connectivity index (χ0v) is 16.0. The van der Waals surface area contributed by atoms with Crippen LogP contribution in [0.1, 0.15) is 38.2 Å². The van der Waals surface area contributed by atoms with Crippen molar-refractivity contribution in [2.75, 3.05) is 27.3 Å². The molecular formula is C20H31N3O3. The fraction of sp³-hybridized carbons (Fsp3) is 0.650. The summed E-state index contributed by atoms with van der Waals surface area (Å²) in [6.45, 7) is 3.56. The van der Waals surface area contributed by atoms with Crippen molar-refractivity contribution >= 4 is 5.96 Å². The van der Waals surface area contributed by atoms with Crippen LogP contribution in [0.2, 0.25) is 0 Å². The molecule has 0 heterocycles. The molecule has 2 unspecified atom stereocenters. The standard InChI is InChI=1S/C20H31N3O3/c1-4-26-18-13-17(20(18)9-5-10-20)23-19(21-2)22-11-8-14-6-7-15(25-3)12-16(14)24/h6-7,12,17-18,24H,4-5,8-11,13H2,1-3H3,(H2,21,22,23). The van der Waals surface area contributed by atoms with Crippen LogP contribution in [-0.2, 0) is 11.2 Å². The van der Waals surface area contributed by atoms with E-state index >= 15 is 0 Å². The van der Waals surface area contributed by atoms with Crippen LogP contribution in [0.15, 0.2) is 23.2 Å². The second-order valence-electron chi connectivity index (χ2n) is 7.21. The van der Waals surface area contributed by atoms with Crippen LogP contribution in [0.4, 0.5) is 0 Å². The average Bonchev–Trinajstić information content (AvgIpc) is 2.59. The van der Waals surface area contributed by atoms with Gasteiger partial charge in [0.1, 0.15) is 11.5 Å². The molecule has 2 fully saturated rings. The van der Waals surface area contributed by atoms with Gasteiger partial charge < -0.3 is 25.2 Å². The Hall–Kier alpha value is -1.95. The Morgan fingerprint density at radius 2 is 2.19 bits per heavy atom. The van der Waals surface area contributed by atoms with Crippen LogP contribution in [-0.4, -0.2) is 50.5 Å². The molecule has 2 aliphatic rings. The van der Waals surface area contributed by atoms with Gasteiger partial charge in [-0.1, -0.05) is 12.5 Å². The predicted octanol–water partition coefficient (Wildman–Crippen LogP) is 2.46. The summed E-state index contributed by atoms with van der Waals surface area (Å²) < 4.78 is 11.0. The van der Waals surface area contributed by atoms with Gasteiger partial charge in [-0.15, -0.1) is 0 Å². The highest BCUT2D eigenvalue weighted by atomic mass is 16.5. The van der Waals surface area contributed by atoms with E-state index in [9.17, 15) is 5.11 Å². The fourth-order valence-electron chi connectivity index (χ4n) is 4.20. The lowest BCUT2D eigenvalue weighted by atomic mass is 9.51. The number of hydrogen-bond acceptors (Lipinski definition) is 4. The van der Waals surface area contributed by atoms with Crippen LogP contribution < -0.4 is 15.4 Å². The molecule has 6 nitrogen and oxygen atoms in total. The number of aliphatic imine (C=N–C) groups is 1. The lowest BCUT2D eigenvalue weighted by Gasteiger charge is -2.61. The quantitative estimate of drug-likeness (QED) is 0.514. The van der Waals surface area contributed by atoms with Crippen molar-refractivity contribution in [3.63, 3.8) is 0 Å². The number of phenolic OH excluding ortho intramolecular Hbond substituents is 1. The Morgan fingerprint density at radius 1 is 1.38 bits per heavy atom. The molecule has 0 amide bonds. The molecule has 2 atom stereocenters. The number of nitrogens with zero attached hydrogens (tertiary/aromatic N) is 1. The molecule has 0 bridgehead atoms. The molecule has 3 N–H and O–H groups in total. The maximum atomic E-state index is 10.1. The van der Waals surface area contributed by atoms with Crippen LogP contribution >= 0.6 is 0 Å². The SMILES string of the molecule is CCOC1CC(NC(=NC)NCCc2ccc(OC)cc2O)C12CCC2. The van der Waals surface area contributed by atoms with Crippen molar-refractivity contribution in [1.82, 2.24) is 10.6 Å². The van der Waals surface area contributed by atoms with E-state index in [1.54, 1.807) is 20.2 Å². The minimum Gasteiger partial charge on any atom is -0.508 e. The zero-order chi connectivity index (χ0) is 18.6. The van der Waals surface area contributed by atoms with Gasteiger partial charge in [-0.05, 0) is 44.2 Å². The molecular weight excluding hydrogens is 330 g/mol. The molecule has 144 valence electrons. The van der Waals surface area contributed by atoms with E-state index in [0.717, 1.165) is 24.6 Å². The molecule has 0 aromatic heterocycles. The predicted molar refractivity (Wildman–Crippen MR) is 103 cm³/mol. The van der Waals surface area contributed by atoms with E-state index in [1.165, 1.54) is 19.3 Å². The third kappa shape index (κ3) is 3.61. The molecule has 3 rings (SSSR count). The van der Waals surface area contributed by atoms with Crippen molar-refractivity contribution in [1.29, 1.82) is 0 Å².